The molecule has 0 saturated heterocycles. The van der Waals surface area contributed by atoms with E-state index in [0.29, 0.717) is 0 Å². The highest BCUT2D eigenvalue weighted by Gasteiger charge is 2.49. The number of benzene rings is 1. The molecule has 0 aliphatic heterocycles. The predicted octanol–water partition coefficient (Wildman–Crippen LogP) is 4.13. The van der Waals surface area contributed by atoms with Crippen LogP contribution >= 0.6 is 15.9 Å². The highest BCUT2D eigenvalue weighted by atomic mass is 79.9. The molecule has 1 unspecified atom stereocenters. The molecule has 0 aromatic heterocycles. The Kier molecular flexibility index (Phi) is 3.79. The van der Waals surface area contributed by atoms with Crippen molar-refractivity contribution < 1.29 is 5.11 Å². The summed E-state index contributed by atoms with van der Waals surface area (Å²) in [6.45, 7) is 1.78. The van der Waals surface area contributed by atoms with Crippen molar-refractivity contribution in [3.63, 3.8) is 0 Å². The van der Waals surface area contributed by atoms with E-state index in [1.807, 2.05) is 24.3 Å². The molecule has 0 radical (unpaired) electrons. The fourth-order valence-corrected chi connectivity index (χ4v) is 3.65. The van der Waals surface area contributed by atoms with Crippen molar-refractivity contribution in [2.24, 2.45) is 5.41 Å². The highest BCUT2D eigenvalue weighted by molar-refractivity contribution is 9.10. The Morgan fingerprint density at radius 2 is 1.89 bits per heavy atom. The van der Waals surface area contributed by atoms with Crippen LogP contribution in [0.2, 0.25) is 0 Å². The van der Waals surface area contributed by atoms with Crippen LogP contribution in [0.1, 0.15) is 44.6 Å². The summed E-state index contributed by atoms with van der Waals surface area (Å²) >= 11 is 3.48. The lowest BCUT2D eigenvalue weighted by molar-refractivity contribution is -0.0639. The summed E-state index contributed by atoms with van der Waals surface area (Å²) in [6, 6.07) is 10.1. The predicted molar refractivity (Wildman–Crippen MR) is 74.8 cm³/mol. The minimum absolute atomic E-state index is 0.658. The lowest BCUT2D eigenvalue weighted by Crippen LogP contribution is -2.44. The SMILES string of the molecule is CC(O)(c1ccccc1Br)C1(C#N)CCCCC1. The number of halogens is 1. The zero-order valence-electron chi connectivity index (χ0n) is 10.6. The van der Waals surface area contributed by atoms with Crippen molar-refractivity contribution in [2.45, 2.75) is 44.6 Å². The second-order valence-corrected chi connectivity index (χ2v) is 6.16. The summed E-state index contributed by atoms with van der Waals surface area (Å²) in [5, 5.41) is 20.6. The third kappa shape index (κ3) is 2.08. The van der Waals surface area contributed by atoms with Crippen molar-refractivity contribution in [2.75, 3.05) is 0 Å². The van der Waals surface area contributed by atoms with Crippen molar-refractivity contribution >= 4 is 15.9 Å². The topological polar surface area (TPSA) is 44.0 Å². The first-order chi connectivity index (χ1) is 8.53. The van der Waals surface area contributed by atoms with Gasteiger partial charge in [0.05, 0.1) is 11.5 Å². The molecule has 1 atom stereocenters. The van der Waals surface area contributed by atoms with Gasteiger partial charge in [0.25, 0.3) is 0 Å². The lowest BCUT2D eigenvalue weighted by atomic mass is 9.62. The van der Waals surface area contributed by atoms with Crippen molar-refractivity contribution in [1.82, 2.24) is 0 Å². The van der Waals surface area contributed by atoms with Gasteiger partial charge in [-0.05, 0) is 31.4 Å². The van der Waals surface area contributed by atoms with Crippen LogP contribution in [0.25, 0.3) is 0 Å². The molecule has 0 bridgehead atoms. The molecule has 2 nitrogen and oxygen atoms in total. The number of nitrogens with zero attached hydrogens (tertiary/aromatic N) is 1. The molecule has 2 rings (SSSR count). The van der Waals surface area contributed by atoms with Gasteiger partial charge >= 0.3 is 0 Å². The van der Waals surface area contributed by atoms with Crippen LogP contribution in [-0.4, -0.2) is 5.11 Å². The third-order valence-electron chi connectivity index (χ3n) is 4.25. The van der Waals surface area contributed by atoms with Crippen LogP contribution in [0.4, 0.5) is 0 Å². The summed E-state index contributed by atoms with van der Waals surface area (Å²) in [7, 11) is 0. The highest BCUT2D eigenvalue weighted by Crippen LogP contribution is 2.50. The van der Waals surface area contributed by atoms with Crippen LogP contribution in [-0.2, 0) is 5.60 Å². The molecule has 0 spiro atoms. The smallest absolute Gasteiger partial charge is 0.106 e. The van der Waals surface area contributed by atoms with Crippen molar-refractivity contribution in [3.05, 3.63) is 34.3 Å². The fourth-order valence-electron chi connectivity index (χ4n) is 2.98. The standard InChI is InChI=1S/C15H18BrNO/c1-14(18,12-7-3-4-8-13(12)16)15(11-17)9-5-2-6-10-15/h3-4,7-8,18H,2,5-6,9-10H2,1H3. The maximum atomic E-state index is 11.0. The maximum absolute atomic E-state index is 11.0. The second-order valence-electron chi connectivity index (χ2n) is 5.31. The number of hydrogen-bond donors (Lipinski definition) is 1. The molecule has 0 heterocycles. The zero-order valence-corrected chi connectivity index (χ0v) is 12.2. The summed E-state index contributed by atoms with van der Waals surface area (Å²) in [6.07, 6.45) is 4.76. The minimum Gasteiger partial charge on any atom is -0.384 e. The maximum Gasteiger partial charge on any atom is 0.106 e. The van der Waals surface area contributed by atoms with Gasteiger partial charge in [0.1, 0.15) is 5.60 Å². The largest absolute Gasteiger partial charge is 0.384 e. The van der Waals surface area contributed by atoms with Crippen molar-refractivity contribution in [3.8, 4) is 6.07 Å². The number of aliphatic hydroxyl groups is 1. The normalized spacial score (nSPS) is 21.9. The third-order valence-corrected chi connectivity index (χ3v) is 4.94. The molecule has 1 aliphatic carbocycles. The quantitative estimate of drug-likeness (QED) is 0.892. The monoisotopic (exact) mass is 307 g/mol. The lowest BCUT2D eigenvalue weighted by Gasteiger charge is -2.43. The van der Waals surface area contributed by atoms with Crippen LogP contribution < -0.4 is 0 Å². The molecular formula is C15H18BrNO. The first-order valence-corrected chi connectivity index (χ1v) is 7.21. The van der Waals surface area contributed by atoms with E-state index < -0.39 is 11.0 Å². The van der Waals surface area contributed by atoms with E-state index in [2.05, 4.69) is 22.0 Å². The number of nitriles is 1. The van der Waals surface area contributed by atoms with Gasteiger partial charge in [-0.15, -0.1) is 0 Å². The van der Waals surface area contributed by atoms with Crippen LogP contribution in [0, 0.1) is 16.7 Å². The van der Waals surface area contributed by atoms with Gasteiger partial charge in [0, 0.05) is 4.47 Å². The van der Waals surface area contributed by atoms with E-state index in [1.54, 1.807) is 6.92 Å². The average Bonchev–Trinajstić information content (AvgIpc) is 2.39. The molecule has 1 aromatic carbocycles. The van der Waals surface area contributed by atoms with Crippen LogP contribution in [0.5, 0.6) is 0 Å². The fraction of sp³-hybridized carbons (Fsp3) is 0.533. The molecule has 96 valence electrons. The first kappa shape index (κ1) is 13.6. The van der Waals surface area contributed by atoms with E-state index >= 15 is 0 Å². The summed E-state index contributed by atoms with van der Waals surface area (Å²) in [4.78, 5) is 0. The Hall–Kier alpha value is -0.850. The molecule has 3 heteroatoms. The Bertz CT molecular complexity index is 470. The number of rotatable bonds is 2. The summed E-state index contributed by atoms with van der Waals surface area (Å²) < 4.78 is 0.871. The Labute approximate surface area is 117 Å². The van der Waals surface area contributed by atoms with E-state index in [1.165, 1.54) is 0 Å². The van der Waals surface area contributed by atoms with E-state index in [9.17, 15) is 10.4 Å². The Balaban J connectivity index is 2.47. The van der Waals surface area contributed by atoms with E-state index in [0.717, 1.165) is 42.1 Å². The molecule has 0 amide bonds. The van der Waals surface area contributed by atoms with Gasteiger partial charge < -0.3 is 5.11 Å². The van der Waals surface area contributed by atoms with Crippen LogP contribution in [0.3, 0.4) is 0 Å². The Morgan fingerprint density at radius 1 is 1.28 bits per heavy atom. The first-order valence-electron chi connectivity index (χ1n) is 6.42. The molecule has 1 fully saturated rings. The Morgan fingerprint density at radius 3 is 2.44 bits per heavy atom. The molecule has 1 N–H and O–H groups in total. The molecule has 1 aliphatic rings. The zero-order chi connectivity index (χ0) is 13.2. The van der Waals surface area contributed by atoms with Gasteiger partial charge in [0.2, 0.25) is 0 Å². The molecule has 1 aromatic rings. The molecular weight excluding hydrogens is 290 g/mol. The molecule has 1 saturated carbocycles. The average molecular weight is 308 g/mol. The van der Waals surface area contributed by atoms with Gasteiger partial charge in [-0.3, -0.25) is 0 Å². The van der Waals surface area contributed by atoms with Crippen molar-refractivity contribution in [1.29, 1.82) is 5.26 Å². The van der Waals surface area contributed by atoms with Crippen LogP contribution in [0.15, 0.2) is 28.7 Å². The second kappa shape index (κ2) is 5.03. The summed E-state index contributed by atoms with van der Waals surface area (Å²) in [5.74, 6) is 0. The van der Waals surface area contributed by atoms with Gasteiger partial charge in [-0.1, -0.05) is 53.4 Å². The van der Waals surface area contributed by atoms with Gasteiger partial charge in [-0.2, -0.15) is 5.26 Å². The van der Waals surface area contributed by atoms with Gasteiger partial charge in [-0.25, -0.2) is 0 Å². The van der Waals surface area contributed by atoms with E-state index in [4.69, 9.17) is 0 Å². The minimum atomic E-state index is -1.11. The number of hydrogen-bond acceptors (Lipinski definition) is 2. The van der Waals surface area contributed by atoms with E-state index in [-0.39, 0.29) is 0 Å². The van der Waals surface area contributed by atoms with Gasteiger partial charge in [0.15, 0.2) is 0 Å². The summed E-state index contributed by atoms with van der Waals surface area (Å²) in [5.41, 5.74) is -0.953. The molecule has 18 heavy (non-hydrogen) atoms.